The Morgan fingerprint density at radius 3 is 2.33 bits per heavy atom. The molecule has 0 aromatic rings. The normalized spacial score (nSPS) is 16.8. The Morgan fingerprint density at radius 1 is 1.78 bits per heavy atom. The Morgan fingerprint density at radius 2 is 2.22 bits per heavy atom. The standard InChI is InChI=1S/C4H8ClNO3/c5-2(1-7)3(8)4(6)9/h2-3,7-8H,1H2,(H2,6,9)/t2-,3+/m0/s1. The molecule has 0 fully saturated rings. The number of amides is 1. The van der Waals surface area contributed by atoms with Crippen molar-refractivity contribution in [2.24, 2.45) is 5.73 Å². The number of carbonyl (C=O) groups excluding carboxylic acids is 1. The van der Waals surface area contributed by atoms with Crippen LogP contribution in [0, 0.1) is 0 Å². The number of hydrogen-bond donors (Lipinski definition) is 3. The van der Waals surface area contributed by atoms with E-state index in [-0.39, 0.29) is 0 Å². The lowest BCUT2D eigenvalue weighted by Gasteiger charge is -2.09. The van der Waals surface area contributed by atoms with Crippen molar-refractivity contribution in [1.82, 2.24) is 0 Å². The van der Waals surface area contributed by atoms with Gasteiger partial charge in [-0.05, 0) is 0 Å². The molecule has 0 saturated carbocycles. The SMILES string of the molecule is NC(=O)[C@H](O)[C@@H](Cl)CO. The third kappa shape index (κ3) is 2.64. The number of rotatable bonds is 3. The highest BCUT2D eigenvalue weighted by Crippen LogP contribution is 1.99. The van der Waals surface area contributed by atoms with Gasteiger partial charge in [0.15, 0.2) is 6.10 Å². The van der Waals surface area contributed by atoms with Crippen LogP contribution in [0.1, 0.15) is 0 Å². The lowest BCUT2D eigenvalue weighted by atomic mass is 10.2. The average molecular weight is 154 g/mol. The molecule has 0 aliphatic rings. The van der Waals surface area contributed by atoms with Gasteiger partial charge in [0, 0.05) is 0 Å². The second-order valence-corrected chi connectivity index (χ2v) is 2.11. The minimum atomic E-state index is -1.46. The van der Waals surface area contributed by atoms with Crippen molar-refractivity contribution in [3.8, 4) is 0 Å². The van der Waals surface area contributed by atoms with Gasteiger partial charge in [-0.1, -0.05) is 0 Å². The Labute approximate surface area is 57.2 Å². The fraction of sp³-hybridized carbons (Fsp3) is 0.750. The van der Waals surface area contributed by atoms with Gasteiger partial charge in [-0.3, -0.25) is 4.79 Å². The molecule has 0 unspecified atom stereocenters. The van der Waals surface area contributed by atoms with Gasteiger partial charge >= 0.3 is 0 Å². The fourth-order valence-corrected chi connectivity index (χ4v) is 0.402. The topological polar surface area (TPSA) is 83.6 Å². The first-order valence-corrected chi connectivity index (χ1v) is 2.75. The number of hydrogen-bond acceptors (Lipinski definition) is 3. The quantitative estimate of drug-likeness (QED) is 0.429. The van der Waals surface area contributed by atoms with Crippen LogP contribution in [0.25, 0.3) is 0 Å². The van der Waals surface area contributed by atoms with Crippen molar-refractivity contribution < 1.29 is 15.0 Å². The Kier molecular flexibility index (Phi) is 3.53. The van der Waals surface area contributed by atoms with Crippen LogP contribution in [-0.2, 0) is 4.79 Å². The maximum Gasteiger partial charge on any atom is 0.247 e. The predicted molar refractivity (Wildman–Crippen MR) is 31.9 cm³/mol. The van der Waals surface area contributed by atoms with Crippen LogP contribution in [0.2, 0.25) is 0 Å². The number of carbonyl (C=O) groups is 1. The van der Waals surface area contributed by atoms with E-state index in [0.717, 1.165) is 0 Å². The summed E-state index contributed by atoms with van der Waals surface area (Å²) in [6, 6.07) is 0. The molecule has 0 aromatic heterocycles. The molecule has 0 bridgehead atoms. The van der Waals surface area contributed by atoms with E-state index in [1.165, 1.54) is 0 Å². The molecule has 4 nitrogen and oxygen atoms in total. The summed E-state index contributed by atoms with van der Waals surface area (Å²) in [5.74, 6) is -0.927. The molecule has 0 heterocycles. The third-order valence-corrected chi connectivity index (χ3v) is 1.19. The smallest absolute Gasteiger partial charge is 0.247 e. The van der Waals surface area contributed by atoms with E-state index in [1.807, 2.05) is 0 Å². The zero-order valence-corrected chi connectivity index (χ0v) is 5.38. The summed E-state index contributed by atoms with van der Waals surface area (Å²) in [7, 11) is 0. The van der Waals surface area contributed by atoms with E-state index >= 15 is 0 Å². The summed E-state index contributed by atoms with van der Waals surface area (Å²) in [5, 5.41) is 15.9. The molecule has 0 aliphatic heterocycles. The molecule has 4 N–H and O–H groups in total. The molecule has 5 heteroatoms. The largest absolute Gasteiger partial charge is 0.395 e. The number of aliphatic hydroxyl groups excluding tert-OH is 2. The Hall–Kier alpha value is -0.320. The minimum absolute atomic E-state index is 0.467. The van der Waals surface area contributed by atoms with E-state index < -0.39 is 24.0 Å². The summed E-state index contributed by atoms with van der Waals surface area (Å²) in [6.45, 7) is -0.467. The Bertz CT molecular complexity index is 108. The van der Waals surface area contributed by atoms with Crippen molar-refractivity contribution in [2.75, 3.05) is 6.61 Å². The van der Waals surface area contributed by atoms with E-state index in [1.54, 1.807) is 0 Å². The lowest BCUT2D eigenvalue weighted by molar-refractivity contribution is -0.126. The molecule has 0 radical (unpaired) electrons. The molecule has 1 amide bonds. The van der Waals surface area contributed by atoms with Crippen LogP contribution in [-0.4, -0.2) is 34.2 Å². The number of nitrogens with two attached hydrogens (primary N) is 1. The van der Waals surface area contributed by atoms with Crippen molar-refractivity contribution in [2.45, 2.75) is 11.5 Å². The number of aliphatic hydroxyl groups is 2. The van der Waals surface area contributed by atoms with E-state index in [2.05, 4.69) is 5.73 Å². The highest BCUT2D eigenvalue weighted by molar-refractivity contribution is 6.22. The molecule has 0 aliphatic carbocycles. The number of halogens is 1. The van der Waals surface area contributed by atoms with E-state index in [0.29, 0.717) is 0 Å². The molecule has 0 saturated heterocycles. The zero-order valence-electron chi connectivity index (χ0n) is 4.62. The fourth-order valence-electron chi connectivity index (χ4n) is 0.278. The van der Waals surface area contributed by atoms with Gasteiger partial charge in [0.05, 0.1) is 12.0 Å². The van der Waals surface area contributed by atoms with Gasteiger partial charge in [0.1, 0.15) is 0 Å². The first kappa shape index (κ1) is 8.68. The van der Waals surface area contributed by atoms with Gasteiger partial charge in [-0.15, -0.1) is 11.6 Å². The van der Waals surface area contributed by atoms with Gasteiger partial charge in [-0.2, -0.15) is 0 Å². The van der Waals surface area contributed by atoms with Gasteiger partial charge in [0.25, 0.3) is 0 Å². The van der Waals surface area contributed by atoms with Crippen LogP contribution in [0.15, 0.2) is 0 Å². The van der Waals surface area contributed by atoms with Crippen molar-refractivity contribution in [3.63, 3.8) is 0 Å². The van der Waals surface area contributed by atoms with E-state index in [4.69, 9.17) is 21.8 Å². The summed E-state index contributed by atoms with van der Waals surface area (Å²) in [4.78, 5) is 10.1. The second kappa shape index (κ2) is 3.66. The molecule has 0 aromatic carbocycles. The summed E-state index contributed by atoms with van der Waals surface area (Å²) in [6.07, 6.45) is -1.46. The lowest BCUT2D eigenvalue weighted by Crippen LogP contribution is -2.37. The summed E-state index contributed by atoms with van der Waals surface area (Å²) in [5.41, 5.74) is 4.63. The van der Waals surface area contributed by atoms with Gasteiger partial charge in [-0.25, -0.2) is 0 Å². The maximum atomic E-state index is 10.1. The summed E-state index contributed by atoms with van der Waals surface area (Å²) >= 11 is 5.21. The first-order valence-electron chi connectivity index (χ1n) is 2.32. The minimum Gasteiger partial charge on any atom is -0.395 e. The van der Waals surface area contributed by atoms with Crippen LogP contribution in [0.3, 0.4) is 0 Å². The predicted octanol–water partition coefficient (Wildman–Crippen LogP) is -1.57. The van der Waals surface area contributed by atoms with Crippen LogP contribution < -0.4 is 5.73 Å². The van der Waals surface area contributed by atoms with Gasteiger partial charge < -0.3 is 15.9 Å². The van der Waals surface area contributed by atoms with Crippen molar-refractivity contribution in [1.29, 1.82) is 0 Å². The zero-order chi connectivity index (χ0) is 7.44. The van der Waals surface area contributed by atoms with Crippen LogP contribution >= 0.6 is 11.6 Å². The molecule has 54 valence electrons. The number of alkyl halides is 1. The average Bonchev–Trinajstić information content (AvgIpc) is 1.84. The monoisotopic (exact) mass is 153 g/mol. The molecule has 9 heavy (non-hydrogen) atoms. The Balaban J connectivity index is 3.72. The van der Waals surface area contributed by atoms with E-state index in [9.17, 15) is 4.79 Å². The van der Waals surface area contributed by atoms with Crippen LogP contribution in [0.4, 0.5) is 0 Å². The molecule has 0 spiro atoms. The molecule has 2 atom stereocenters. The molecular formula is C4H8ClNO3. The van der Waals surface area contributed by atoms with Crippen molar-refractivity contribution >= 4 is 17.5 Å². The van der Waals surface area contributed by atoms with Crippen LogP contribution in [0.5, 0.6) is 0 Å². The molecule has 0 rings (SSSR count). The van der Waals surface area contributed by atoms with Crippen molar-refractivity contribution in [3.05, 3.63) is 0 Å². The highest BCUT2D eigenvalue weighted by Gasteiger charge is 2.20. The summed E-state index contributed by atoms with van der Waals surface area (Å²) < 4.78 is 0. The maximum absolute atomic E-state index is 10.1. The second-order valence-electron chi connectivity index (χ2n) is 1.55. The third-order valence-electron chi connectivity index (χ3n) is 0.809. The van der Waals surface area contributed by atoms with Gasteiger partial charge in [0.2, 0.25) is 5.91 Å². The molecular weight excluding hydrogens is 146 g/mol. The number of primary amides is 1. The first-order chi connectivity index (χ1) is 4.09. The highest BCUT2D eigenvalue weighted by atomic mass is 35.5.